The molecule has 0 saturated carbocycles. The summed E-state index contributed by atoms with van der Waals surface area (Å²) in [5, 5.41) is 0. The standard InChI is InChI=1S/C52H41N3/c1-32(2)47-29-28-38(50(53-47)33(3)4)34-22-24-36(25-23-34)49-31-48(35-14-6-5-7-15-35)54-51(55-49)37-26-27-42-41-18-10-13-21-45(41)52(46(42)30-37)43-19-11-8-16-39(43)40-17-9-12-20-44(40)52/h5-33H,1-4H3. The minimum absolute atomic E-state index is 0.316. The number of pyridine rings is 1. The third-order valence-electron chi connectivity index (χ3n) is 11.6. The van der Waals surface area contributed by atoms with Crippen molar-refractivity contribution in [2.75, 3.05) is 0 Å². The summed E-state index contributed by atoms with van der Waals surface area (Å²) >= 11 is 0. The molecule has 0 atom stereocenters. The van der Waals surface area contributed by atoms with Gasteiger partial charge >= 0.3 is 0 Å². The summed E-state index contributed by atoms with van der Waals surface area (Å²) in [4.78, 5) is 15.7. The van der Waals surface area contributed by atoms with Gasteiger partial charge in [0.15, 0.2) is 5.82 Å². The molecule has 1 spiro atoms. The third-order valence-corrected chi connectivity index (χ3v) is 11.6. The summed E-state index contributed by atoms with van der Waals surface area (Å²) in [6, 6.07) is 59.5. The van der Waals surface area contributed by atoms with Crippen molar-refractivity contribution < 1.29 is 0 Å². The van der Waals surface area contributed by atoms with Crippen molar-refractivity contribution in [1.82, 2.24) is 15.0 Å². The van der Waals surface area contributed by atoms with Crippen molar-refractivity contribution in [2.24, 2.45) is 0 Å². The summed E-state index contributed by atoms with van der Waals surface area (Å²) in [5.74, 6) is 1.41. The van der Waals surface area contributed by atoms with E-state index in [1.165, 1.54) is 50.1 Å². The first-order chi connectivity index (χ1) is 26.9. The molecule has 6 aromatic carbocycles. The molecule has 0 fully saturated rings. The largest absolute Gasteiger partial charge is 0.257 e. The van der Waals surface area contributed by atoms with Crippen molar-refractivity contribution >= 4 is 0 Å². The van der Waals surface area contributed by atoms with Crippen LogP contribution in [-0.4, -0.2) is 15.0 Å². The van der Waals surface area contributed by atoms with Crippen LogP contribution in [-0.2, 0) is 5.41 Å². The zero-order valence-corrected chi connectivity index (χ0v) is 31.6. The maximum absolute atomic E-state index is 5.33. The van der Waals surface area contributed by atoms with E-state index < -0.39 is 5.41 Å². The highest BCUT2D eigenvalue weighted by atomic mass is 14.9. The van der Waals surface area contributed by atoms with Gasteiger partial charge in [0.1, 0.15) is 0 Å². The molecule has 0 unspecified atom stereocenters. The number of aromatic nitrogens is 3. The van der Waals surface area contributed by atoms with E-state index in [1.54, 1.807) is 0 Å². The molecule has 0 N–H and O–H groups in total. The van der Waals surface area contributed by atoms with Gasteiger partial charge in [0, 0.05) is 27.9 Å². The molecule has 0 aliphatic heterocycles. The number of hydrogen-bond acceptors (Lipinski definition) is 3. The van der Waals surface area contributed by atoms with Gasteiger partial charge in [-0.05, 0) is 80.1 Å². The Hall–Kier alpha value is -6.45. The second-order valence-electron chi connectivity index (χ2n) is 15.5. The first kappa shape index (κ1) is 33.1. The number of benzene rings is 6. The summed E-state index contributed by atoms with van der Waals surface area (Å²) in [7, 11) is 0. The van der Waals surface area contributed by atoms with Crippen molar-refractivity contribution in [3.05, 3.63) is 197 Å². The molecule has 10 rings (SSSR count). The van der Waals surface area contributed by atoms with Gasteiger partial charge in [0.05, 0.1) is 22.5 Å². The minimum atomic E-state index is -0.429. The van der Waals surface area contributed by atoms with Gasteiger partial charge in [-0.2, -0.15) is 0 Å². The quantitative estimate of drug-likeness (QED) is 0.173. The minimum Gasteiger partial charge on any atom is -0.257 e. The van der Waals surface area contributed by atoms with Gasteiger partial charge in [0.25, 0.3) is 0 Å². The Kier molecular flexibility index (Phi) is 7.74. The monoisotopic (exact) mass is 707 g/mol. The molecule has 3 heteroatoms. The van der Waals surface area contributed by atoms with E-state index >= 15 is 0 Å². The molecule has 0 amide bonds. The smallest absolute Gasteiger partial charge is 0.160 e. The van der Waals surface area contributed by atoms with E-state index in [1.807, 2.05) is 6.07 Å². The maximum Gasteiger partial charge on any atom is 0.160 e. The van der Waals surface area contributed by atoms with E-state index in [2.05, 4.69) is 185 Å². The molecular formula is C52H41N3. The molecule has 2 aliphatic carbocycles. The summed E-state index contributed by atoms with van der Waals surface area (Å²) in [5.41, 5.74) is 19.5. The predicted molar refractivity (Wildman–Crippen MR) is 226 cm³/mol. The van der Waals surface area contributed by atoms with Crippen molar-refractivity contribution in [2.45, 2.75) is 44.9 Å². The maximum atomic E-state index is 5.33. The Labute approximate surface area is 323 Å². The lowest BCUT2D eigenvalue weighted by Crippen LogP contribution is -2.25. The normalized spacial score (nSPS) is 13.2. The fraction of sp³-hybridized carbons (Fsp3) is 0.135. The van der Waals surface area contributed by atoms with E-state index in [0.29, 0.717) is 17.7 Å². The average Bonchev–Trinajstić information content (AvgIpc) is 3.71. The predicted octanol–water partition coefficient (Wildman–Crippen LogP) is 13.1. The molecule has 55 heavy (non-hydrogen) atoms. The molecule has 0 radical (unpaired) electrons. The Morgan fingerprint density at radius 2 is 0.836 bits per heavy atom. The van der Waals surface area contributed by atoms with E-state index in [-0.39, 0.29) is 0 Å². The van der Waals surface area contributed by atoms with Crippen LogP contribution in [0.1, 0.15) is 73.2 Å². The molecular weight excluding hydrogens is 667 g/mol. The average molecular weight is 708 g/mol. The molecule has 0 bridgehead atoms. The van der Waals surface area contributed by atoms with Crippen LogP contribution in [0.15, 0.2) is 164 Å². The topological polar surface area (TPSA) is 38.7 Å². The number of rotatable bonds is 6. The zero-order chi connectivity index (χ0) is 37.3. The lowest BCUT2D eigenvalue weighted by Gasteiger charge is -2.30. The van der Waals surface area contributed by atoms with Crippen molar-refractivity contribution in [3.8, 4) is 67.3 Å². The molecule has 2 heterocycles. The first-order valence-corrected chi connectivity index (χ1v) is 19.4. The zero-order valence-electron chi connectivity index (χ0n) is 31.6. The van der Waals surface area contributed by atoms with Crippen LogP contribution in [0.25, 0.3) is 67.3 Å². The van der Waals surface area contributed by atoms with Crippen LogP contribution in [0.4, 0.5) is 0 Å². The van der Waals surface area contributed by atoms with Crippen LogP contribution >= 0.6 is 0 Å². The lowest BCUT2D eigenvalue weighted by atomic mass is 9.70. The Morgan fingerprint density at radius 3 is 1.40 bits per heavy atom. The highest BCUT2D eigenvalue weighted by Gasteiger charge is 2.51. The summed E-state index contributed by atoms with van der Waals surface area (Å²) in [6.07, 6.45) is 0. The van der Waals surface area contributed by atoms with E-state index in [4.69, 9.17) is 15.0 Å². The van der Waals surface area contributed by atoms with Crippen LogP contribution in [0, 0.1) is 0 Å². The van der Waals surface area contributed by atoms with Gasteiger partial charge in [-0.15, -0.1) is 0 Å². The molecule has 2 aliphatic rings. The Bertz CT molecular complexity index is 2700. The van der Waals surface area contributed by atoms with Gasteiger partial charge in [-0.1, -0.05) is 173 Å². The third kappa shape index (κ3) is 5.14. The second kappa shape index (κ2) is 12.8. The Morgan fingerprint density at radius 1 is 0.364 bits per heavy atom. The molecule has 2 aromatic heterocycles. The van der Waals surface area contributed by atoms with Crippen LogP contribution in [0.3, 0.4) is 0 Å². The fourth-order valence-corrected chi connectivity index (χ4v) is 9.03. The lowest BCUT2D eigenvalue weighted by molar-refractivity contribution is 0.767. The van der Waals surface area contributed by atoms with Gasteiger partial charge < -0.3 is 0 Å². The van der Waals surface area contributed by atoms with Gasteiger partial charge in [0.2, 0.25) is 0 Å². The SMILES string of the molecule is CC(C)c1ccc(-c2ccc(-c3cc(-c4ccccc4)nc(-c4ccc5c(c4)C4(c6ccccc6-c6ccccc64)c4ccccc4-5)n3)cc2)c(C(C)C)n1. The second-order valence-corrected chi connectivity index (χ2v) is 15.5. The fourth-order valence-electron chi connectivity index (χ4n) is 9.03. The van der Waals surface area contributed by atoms with Gasteiger partial charge in [-0.3, -0.25) is 4.98 Å². The van der Waals surface area contributed by atoms with Crippen molar-refractivity contribution in [1.29, 1.82) is 0 Å². The molecule has 264 valence electrons. The number of hydrogen-bond donors (Lipinski definition) is 0. The Balaban J connectivity index is 1.14. The number of fused-ring (bicyclic) bond motifs is 10. The van der Waals surface area contributed by atoms with Crippen LogP contribution in [0.2, 0.25) is 0 Å². The van der Waals surface area contributed by atoms with Crippen molar-refractivity contribution in [3.63, 3.8) is 0 Å². The van der Waals surface area contributed by atoms with E-state index in [9.17, 15) is 0 Å². The molecule has 8 aromatic rings. The van der Waals surface area contributed by atoms with E-state index in [0.717, 1.165) is 45.0 Å². The number of nitrogens with zero attached hydrogens (tertiary/aromatic N) is 3. The van der Waals surface area contributed by atoms with Gasteiger partial charge in [-0.25, -0.2) is 9.97 Å². The van der Waals surface area contributed by atoms with Crippen LogP contribution in [0.5, 0.6) is 0 Å². The summed E-state index contributed by atoms with van der Waals surface area (Å²) < 4.78 is 0. The highest BCUT2D eigenvalue weighted by molar-refractivity contribution is 5.95. The molecule has 3 nitrogen and oxygen atoms in total. The van der Waals surface area contributed by atoms with Crippen LogP contribution < -0.4 is 0 Å². The summed E-state index contributed by atoms with van der Waals surface area (Å²) in [6.45, 7) is 8.85. The molecule has 0 saturated heterocycles. The first-order valence-electron chi connectivity index (χ1n) is 19.4. The highest BCUT2D eigenvalue weighted by Crippen LogP contribution is 2.63.